The lowest BCUT2D eigenvalue weighted by Gasteiger charge is -2.46. The number of aromatic nitrogens is 2. The van der Waals surface area contributed by atoms with E-state index in [1.807, 2.05) is 36.4 Å². The van der Waals surface area contributed by atoms with Crippen LogP contribution in [0.15, 0.2) is 65.2 Å². The second kappa shape index (κ2) is 9.18. The van der Waals surface area contributed by atoms with Gasteiger partial charge in [-0.25, -0.2) is 9.78 Å². The fourth-order valence-corrected chi connectivity index (χ4v) is 5.87. The zero-order chi connectivity index (χ0) is 23.7. The predicted octanol–water partition coefficient (Wildman–Crippen LogP) is 5.10. The van der Waals surface area contributed by atoms with Crippen LogP contribution in [-0.4, -0.2) is 32.9 Å². The van der Waals surface area contributed by atoms with Crippen LogP contribution in [0.2, 0.25) is 0 Å². The standard InChI is InChI=1S/C26H25BrN4O3/c27-21-22(26(23(21)32)10-2-1-3-11-26)31-20(25(33)34)14-16-4-6-18(7-5-16)30-24-19-15-28-12-8-17(19)9-13-29-24/h4-9,12-13,15,20,31H,1-3,10-11,14H2,(H,29,30)(H,33,34). The topological polar surface area (TPSA) is 104 Å². The molecule has 0 amide bonds. The lowest BCUT2D eigenvalue weighted by Crippen LogP contribution is -2.53. The molecule has 2 heterocycles. The number of hydrogen-bond donors (Lipinski definition) is 3. The van der Waals surface area contributed by atoms with Crippen LogP contribution < -0.4 is 10.6 Å². The van der Waals surface area contributed by atoms with Crippen molar-refractivity contribution in [1.82, 2.24) is 15.3 Å². The van der Waals surface area contributed by atoms with Gasteiger partial charge in [-0.3, -0.25) is 9.78 Å². The number of nitrogens with zero attached hydrogens (tertiary/aromatic N) is 2. The lowest BCUT2D eigenvalue weighted by atomic mass is 9.62. The molecule has 1 atom stereocenters. The Hall–Kier alpha value is -3.26. The Morgan fingerprint density at radius 2 is 1.82 bits per heavy atom. The Morgan fingerprint density at radius 1 is 1.09 bits per heavy atom. The highest BCUT2D eigenvalue weighted by Gasteiger charge is 2.53. The number of Topliss-reactive ketones (excluding diaryl/α,β-unsaturated/α-hetero) is 1. The highest BCUT2D eigenvalue weighted by atomic mass is 79.9. The molecule has 2 aliphatic carbocycles. The van der Waals surface area contributed by atoms with Crippen molar-refractivity contribution in [3.63, 3.8) is 0 Å². The molecular formula is C26H25BrN4O3. The first-order valence-electron chi connectivity index (χ1n) is 11.5. The summed E-state index contributed by atoms with van der Waals surface area (Å²) in [5.41, 5.74) is 1.97. The molecule has 0 aliphatic heterocycles. The molecular weight excluding hydrogens is 496 g/mol. The Kier molecular flexibility index (Phi) is 6.08. The molecule has 7 nitrogen and oxygen atoms in total. The smallest absolute Gasteiger partial charge is 0.326 e. The van der Waals surface area contributed by atoms with Crippen LogP contribution in [0.3, 0.4) is 0 Å². The first-order valence-corrected chi connectivity index (χ1v) is 12.3. The molecule has 1 aromatic carbocycles. The van der Waals surface area contributed by atoms with Gasteiger partial charge in [0.25, 0.3) is 0 Å². The van der Waals surface area contributed by atoms with E-state index in [4.69, 9.17) is 0 Å². The molecule has 3 aromatic rings. The van der Waals surface area contributed by atoms with Crippen LogP contribution in [0, 0.1) is 5.41 Å². The normalized spacial score (nSPS) is 18.0. The first kappa shape index (κ1) is 22.5. The van der Waals surface area contributed by atoms with Crippen molar-refractivity contribution in [1.29, 1.82) is 0 Å². The van der Waals surface area contributed by atoms with E-state index in [2.05, 4.69) is 36.5 Å². The van der Waals surface area contributed by atoms with Crippen LogP contribution in [0.1, 0.15) is 37.7 Å². The number of aliphatic carboxylic acids is 1. The van der Waals surface area contributed by atoms with Crippen molar-refractivity contribution in [3.8, 4) is 0 Å². The highest BCUT2D eigenvalue weighted by Crippen LogP contribution is 2.53. The van der Waals surface area contributed by atoms with Gasteiger partial charge in [0.1, 0.15) is 11.9 Å². The summed E-state index contributed by atoms with van der Waals surface area (Å²) in [5, 5.41) is 18.4. The Morgan fingerprint density at radius 3 is 2.56 bits per heavy atom. The summed E-state index contributed by atoms with van der Waals surface area (Å²) in [4.78, 5) is 33.3. The molecule has 2 aliphatic rings. The molecule has 3 N–H and O–H groups in total. The van der Waals surface area contributed by atoms with Crippen molar-refractivity contribution in [2.24, 2.45) is 5.41 Å². The third kappa shape index (κ3) is 4.07. The monoisotopic (exact) mass is 520 g/mol. The van der Waals surface area contributed by atoms with Crippen LogP contribution in [0.5, 0.6) is 0 Å². The average Bonchev–Trinajstić information content (AvgIpc) is 2.87. The molecule has 0 bridgehead atoms. The number of carboxylic acids is 1. The Bertz CT molecular complexity index is 1280. The van der Waals surface area contributed by atoms with Crippen molar-refractivity contribution in [2.45, 2.75) is 44.6 Å². The third-order valence-corrected chi connectivity index (χ3v) is 7.64. The van der Waals surface area contributed by atoms with Gasteiger partial charge in [0.05, 0.1) is 9.90 Å². The fraction of sp³-hybridized carbons (Fsp3) is 0.308. The van der Waals surface area contributed by atoms with Gasteiger partial charge < -0.3 is 15.7 Å². The molecule has 1 spiro atoms. The molecule has 34 heavy (non-hydrogen) atoms. The number of benzene rings is 1. The van der Waals surface area contributed by atoms with Gasteiger partial charge in [-0.1, -0.05) is 31.4 Å². The number of pyridine rings is 2. The number of allylic oxidation sites excluding steroid dienone is 2. The number of fused-ring (bicyclic) bond motifs is 1. The summed E-state index contributed by atoms with van der Waals surface area (Å²) in [6, 6.07) is 10.7. The second-order valence-corrected chi connectivity index (χ2v) is 9.77. The summed E-state index contributed by atoms with van der Waals surface area (Å²) in [5.74, 6) is -0.119. The van der Waals surface area contributed by atoms with Gasteiger partial charge in [0, 0.05) is 41.8 Å². The SMILES string of the molecule is O=C(O)C(Cc1ccc(Nc2nccc3ccncc23)cc1)NC1=C(Br)C(=O)C12CCCCC2. The molecule has 1 fully saturated rings. The number of ketones is 1. The van der Waals surface area contributed by atoms with Gasteiger partial charge in [-0.15, -0.1) is 0 Å². The minimum absolute atomic E-state index is 0.103. The predicted molar refractivity (Wildman–Crippen MR) is 134 cm³/mol. The number of nitrogens with one attached hydrogen (secondary N) is 2. The molecule has 1 saturated carbocycles. The number of hydrogen-bond acceptors (Lipinski definition) is 6. The van der Waals surface area contributed by atoms with E-state index in [0.717, 1.165) is 59.8 Å². The molecule has 8 heteroatoms. The van der Waals surface area contributed by atoms with Gasteiger partial charge in [-0.2, -0.15) is 0 Å². The third-order valence-electron chi connectivity index (χ3n) is 6.88. The summed E-state index contributed by atoms with van der Waals surface area (Å²) in [6.07, 6.45) is 10.3. The molecule has 0 saturated heterocycles. The summed E-state index contributed by atoms with van der Waals surface area (Å²) in [7, 11) is 0. The second-order valence-electron chi connectivity index (χ2n) is 8.98. The van der Waals surface area contributed by atoms with E-state index in [9.17, 15) is 14.7 Å². The largest absolute Gasteiger partial charge is 0.480 e. The number of halogens is 1. The molecule has 2 aromatic heterocycles. The average molecular weight is 521 g/mol. The number of rotatable bonds is 7. The minimum atomic E-state index is -0.937. The maximum atomic E-state index is 12.6. The van der Waals surface area contributed by atoms with Crippen molar-refractivity contribution in [3.05, 3.63) is 70.7 Å². The van der Waals surface area contributed by atoms with Crippen molar-refractivity contribution >= 4 is 50.0 Å². The number of carboxylic acid groups (broad SMARTS) is 1. The van der Waals surface area contributed by atoms with Gasteiger partial charge in [-0.05, 0) is 64.0 Å². The Balaban J connectivity index is 1.30. The van der Waals surface area contributed by atoms with E-state index < -0.39 is 17.4 Å². The maximum absolute atomic E-state index is 12.6. The van der Waals surface area contributed by atoms with Crippen LogP contribution in [0.25, 0.3) is 10.8 Å². The summed E-state index contributed by atoms with van der Waals surface area (Å²) < 4.78 is 0.497. The zero-order valence-corrected chi connectivity index (χ0v) is 20.1. The maximum Gasteiger partial charge on any atom is 0.326 e. The molecule has 0 radical (unpaired) electrons. The van der Waals surface area contributed by atoms with Gasteiger partial charge in [0.15, 0.2) is 5.78 Å². The quantitative estimate of drug-likeness (QED) is 0.398. The van der Waals surface area contributed by atoms with Crippen LogP contribution in [-0.2, 0) is 16.0 Å². The van der Waals surface area contributed by atoms with E-state index >= 15 is 0 Å². The fourth-order valence-electron chi connectivity index (χ4n) is 5.00. The van der Waals surface area contributed by atoms with Crippen LogP contribution >= 0.6 is 15.9 Å². The number of carbonyl (C=O) groups is 2. The summed E-state index contributed by atoms with van der Waals surface area (Å²) in [6.45, 7) is 0. The minimum Gasteiger partial charge on any atom is -0.480 e. The van der Waals surface area contributed by atoms with Gasteiger partial charge >= 0.3 is 5.97 Å². The molecule has 1 unspecified atom stereocenters. The van der Waals surface area contributed by atoms with E-state index in [1.165, 1.54) is 0 Å². The first-order chi connectivity index (χ1) is 16.5. The van der Waals surface area contributed by atoms with Crippen molar-refractivity contribution < 1.29 is 14.7 Å². The molecule has 5 rings (SSSR count). The van der Waals surface area contributed by atoms with E-state index in [-0.39, 0.29) is 5.78 Å². The number of anilines is 2. The highest BCUT2D eigenvalue weighted by molar-refractivity contribution is 9.12. The van der Waals surface area contributed by atoms with E-state index in [1.54, 1.807) is 18.6 Å². The summed E-state index contributed by atoms with van der Waals surface area (Å²) >= 11 is 3.38. The van der Waals surface area contributed by atoms with Crippen molar-refractivity contribution in [2.75, 3.05) is 5.32 Å². The lowest BCUT2D eigenvalue weighted by molar-refractivity contribution is -0.140. The van der Waals surface area contributed by atoms with Crippen LogP contribution in [0.4, 0.5) is 11.5 Å². The zero-order valence-electron chi connectivity index (χ0n) is 18.6. The van der Waals surface area contributed by atoms with Gasteiger partial charge in [0.2, 0.25) is 0 Å². The Labute approximate surface area is 205 Å². The van der Waals surface area contributed by atoms with E-state index in [0.29, 0.717) is 16.7 Å². The number of carbonyl (C=O) groups excluding carboxylic acids is 1. The molecule has 174 valence electrons.